The molecule has 120 heavy (non-hydrogen) atoms. The van der Waals surface area contributed by atoms with Crippen LogP contribution in [-0.2, 0) is 109 Å². The minimum Gasteiger partial charge on any atom is -0.481 e. The van der Waals surface area contributed by atoms with E-state index in [1.807, 2.05) is 40.2 Å². The van der Waals surface area contributed by atoms with E-state index in [1.54, 1.807) is 37.4 Å². The molecule has 13 atom stereocenters. The number of ether oxygens (including phenoxy) is 1. The van der Waals surface area contributed by atoms with Crippen molar-refractivity contribution in [2.24, 2.45) is 17.4 Å². The first-order valence-corrected chi connectivity index (χ1v) is 38.0. The third-order valence-corrected chi connectivity index (χ3v) is 18.7. The number of allylic oxidation sites excluding steroid dienone is 1. The number of aromatic amines is 1. The van der Waals surface area contributed by atoms with Gasteiger partial charge in [-0.2, -0.15) is 0 Å². The van der Waals surface area contributed by atoms with Gasteiger partial charge in [-0.15, -0.1) is 0 Å². The maximum atomic E-state index is 14.9. The van der Waals surface area contributed by atoms with Gasteiger partial charge in [-0.05, 0) is 99.4 Å². The number of benzene rings is 3. The van der Waals surface area contributed by atoms with Crippen molar-refractivity contribution in [2.75, 3.05) is 32.0 Å². The molecule has 14 amide bonds. The van der Waals surface area contributed by atoms with Crippen molar-refractivity contribution in [3.8, 4) is 0 Å². The monoisotopic (exact) mass is 1680 g/mol. The number of carbonyl (C=O) groups is 20. The molecule has 1 aromatic heterocycles. The zero-order valence-corrected chi connectivity index (χ0v) is 66.2. The minimum atomic E-state index is -2.47. The second-order valence-corrected chi connectivity index (χ2v) is 28.3. The number of cyclic esters (lactones) is 1. The average molecular weight is 1680 g/mol. The Balaban J connectivity index is 1.61. The molecule has 0 aliphatic carbocycles. The number of H-pyrrole nitrogens is 1. The Bertz CT molecular complexity index is 4490. The van der Waals surface area contributed by atoms with Crippen molar-refractivity contribution in [1.29, 1.82) is 0 Å². The van der Waals surface area contributed by atoms with Crippen LogP contribution in [0.15, 0.2) is 85.1 Å². The molecule has 0 saturated carbocycles. The molecule has 4 aromatic rings. The summed E-state index contributed by atoms with van der Waals surface area (Å²) >= 11 is 0. The van der Waals surface area contributed by atoms with E-state index in [2.05, 4.69) is 65.1 Å². The van der Waals surface area contributed by atoms with Crippen LogP contribution in [0.5, 0.6) is 0 Å². The highest BCUT2D eigenvalue weighted by Gasteiger charge is 2.41. The molecule has 1 fully saturated rings. The van der Waals surface area contributed by atoms with Crippen LogP contribution in [0.2, 0.25) is 0 Å². The first-order chi connectivity index (χ1) is 56.7. The van der Waals surface area contributed by atoms with Gasteiger partial charge in [-0.25, -0.2) is 4.79 Å². The number of hydrogen-bond acceptors (Lipinski definition) is 24. The van der Waals surface area contributed by atoms with Crippen LogP contribution in [-0.4, -0.2) is 248 Å². The maximum absolute atomic E-state index is 14.9. The highest BCUT2D eigenvalue weighted by Crippen LogP contribution is 2.22. The van der Waals surface area contributed by atoms with E-state index in [-0.39, 0.29) is 30.6 Å². The molecule has 5 rings (SSSR count). The number of ketones is 1. The molecular weight excluding hydrogens is 1580 g/mol. The highest BCUT2D eigenvalue weighted by molar-refractivity contribution is 6.06. The van der Waals surface area contributed by atoms with Gasteiger partial charge in [0.2, 0.25) is 82.7 Å². The third kappa shape index (κ3) is 31.4. The lowest BCUT2D eigenvalue weighted by Crippen LogP contribution is -2.62. The van der Waals surface area contributed by atoms with E-state index >= 15 is 0 Å². The van der Waals surface area contributed by atoms with E-state index in [9.17, 15) is 121 Å². The number of fused-ring (bicyclic) bond motifs is 1. The van der Waals surface area contributed by atoms with Crippen LogP contribution in [0, 0.1) is 5.92 Å². The normalized spacial score (nSPS) is 20.9. The number of unbranched alkanes of at least 4 members (excludes halogenated alkanes) is 2. The van der Waals surface area contributed by atoms with Gasteiger partial charge in [0, 0.05) is 47.3 Å². The zero-order valence-electron chi connectivity index (χ0n) is 66.2. The number of amides is 14. The number of nitrogen functional groups attached to an aromatic ring is 1. The van der Waals surface area contributed by atoms with Gasteiger partial charge in [-0.3, -0.25) is 91.1 Å². The van der Waals surface area contributed by atoms with Crippen molar-refractivity contribution in [3.63, 3.8) is 0 Å². The Kier molecular flexibility index (Phi) is 38.3. The largest absolute Gasteiger partial charge is 0.481 e. The molecule has 3 aromatic carbocycles. The average Bonchev–Trinajstić information content (AvgIpc) is 1.76. The topological polar surface area (TPSA) is 702 Å². The standard InChI is InChI=1S/C77H101N17O26/c1-6-7-8-14-41-20-22-42(23-21-41)37(2)25-58(98)86-49(27-43-33-81-47-18-12-10-15-44(43)47)71(113)89-50(29-57(80)97)72(114)91-53(32-64(107)108)73(115)94-66-40(5)120-77(119)54(28-56(96)45-16-9-11-17-46(45)79)92-76(118)65(38(3)26-61(101)102)93-74(116)55(36-95)87-60(100)34-82-68(110)51(30-62(103)104)88-67(109)39(4)84-70(112)52(31-63(105)106)90-69(111)48(19-13-24-78)85-59(99)35-83-75(66)117/h9-12,15-18,20-23,25,33,38-40,48-55,65-66,81,95H,6-8,13-14,19,24,26-32,34-36,78-79H2,1-5H3,(H2,80,97)(H,82,110)(H,83,117)(H,84,112)(H,85,99)(H,86,98)(H,87,100)(H,88,109)(H,89,113)(H,90,111)(H,91,114)(H,92,118)(H,93,116)(H,94,115)(H,101,102)(H,103,104)(H,105,106)(H,107,108)/b37-25+/t38-,39-,40-,48+,49+,50-,51+,52+,53+,54+,55-,65?,66+/m1/s1. The van der Waals surface area contributed by atoms with E-state index in [0.717, 1.165) is 52.0 Å². The fraction of sp³-hybridized carbons (Fsp3) is 0.455. The Labute approximate surface area is 685 Å². The molecule has 0 radical (unpaired) electrons. The molecule has 650 valence electrons. The predicted molar refractivity (Wildman–Crippen MR) is 421 cm³/mol. The summed E-state index contributed by atoms with van der Waals surface area (Å²) in [5.74, 6) is -30.2. The molecule has 1 aliphatic rings. The third-order valence-electron chi connectivity index (χ3n) is 18.7. The molecule has 1 aliphatic heterocycles. The number of esters is 1. The maximum Gasteiger partial charge on any atom is 0.329 e. The fourth-order valence-electron chi connectivity index (χ4n) is 12.2. The fourth-order valence-corrected chi connectivity index (χ4v) is 12.2. The smallest absolute Gasteiger partial charge is 0.329 e. The van der Waals surface area contributed by atoms with Gasteiger partial charge in [0.1, 0.15) is 72.6 Å². The van der Waals surface area contributed by atoms with Crippen molar-refractivity contribution >= 4 is 140 Å². The first-order valence-electron chi connectivity index (χ1n) is 38.0. The van der Waals surface area contributed by atoms with Crippen LogP contribution >= 0.6 is 0 Å². The molecule has 2 heterocycles. The minimum absolute atomic E-state index is 0.0998. The number of rotatable bonds is 33. The number of hydrogen-bond donors (Lipinski definition) is 22. The Morgan fingerprint density at radius 2 is 1.13 bits per heavy atom. The quantitative estimate of drug-likeness (QED) is 0.00699. The van der Waals surface area contributed by atoms with Crippen LogP contribution in [0.3, 0.4) is 0 Å². The second kappa shape index (κ2) is 47.5. The van der Waals surface area contributed by atoms with Crippen LogP contribution in [0.1, 0.15) is 132 Å². The van der Waals surface area contributed by atoms with Gasteiger partial charge in [-0.1, -0.05) is 81.3 Å². The highest BCUT2D eigenvalue weighted by atomic mass is 16.5. The molecule has 25 N–H and O–H groups in total. The van der Waals surface area contributed by atoms with Gasteiger partial charge in [0.15, 0.2) is 5.78 Å². The number of carboxylic acid groups (broad SMARTS) is 4. The van der Waals surface area contributed by atoms with Crippen molar-refractivity contribution in [2.45, 2.75) is 191 Å². The summed E-state index contributed by atoms with van der Waals surface area (Å²) in [4.78, 5) is 278. The number of primary amides is 1. The first kappa shape index (κ1) is 96.8. The van der Waals surface area contributed by atoms with Gasteiger partial charge in [0.05, 0.1) is 51.8 Å². The summed E-state index contributed by atoms with van der Waals surface area (Å²) in [5.41, 5.74) is 20.3. The van der Waals surface area contributed by atoms with E-state index in [4.69, 9.17) is 21.9 Å². The van der Waals surface area contributed by atoms with Crippen LogP contribution in [0.25, 0.3) is 16.5 Å². The SMILES string of the molecule is CCCCCc1ccc(/C(C)=C/C(=O)N[C@@H](Cc2c[nH]c3ccccc23)C(=O)N[C@H](CC(N)=O)C(=O)N[C@@H](CC(=O)O)C(=O)N[C@@H]2C(=O)NCC(=O)N[C@@H](CCCN)C(=O)N[C@@H](CC(=O)O)C(=O)N[C@H](C)C(=O)N[C@@H](CC(=O)O)C(=O)NCC(=O)N[C@H](CO)C(=O)NC([C@H](C)CC(=O)O)C(=O)N[C@@H](CC(=O)c3ccccc3N)C(=O)O[C@@H]2C)cc1. The number of aliphatic hydroxyl groups is 1. The number of para-hydroxylation sites is 2. The second-order valence-electron chi connectivity index (χ2n) is 28.3. The molecule has 0 spiro atoms. The number of aliphatic hydroxyl groups excluding tert-OH is 1. The molecule has 43 heteroatoms. The van der Waals surface area contributed by atoms with Crippen LogP contribution in [0.4, 0.5) is 5.69 Å². The number of aromatic nitrogens is 1. The summed E-state index contributed by atoms with van der Waals surface area (Å²) in [7, 11) is 0. The number of nitrogens with one attached hydrogen (secondary N) is 14. The number of aliphatic carboxylic acids is 4. The lowest BCUT2D eigenvalue weighted by molar-refractivity contribution is -0.156. The van der Waals surface area contributed by atoms with Gasteiger partial charge in [0.25, 0.3) is 0 Å². The summed E-state index contributed by atoms with van der Waals surface area (Å²) in [5, 5.41) is 78.7. The number of carbonyl (C=O) groups excluding carboxylic acids is 16. The Morgan fingerprint density at radius 1 is 0.575 bits per heavy atom. The molecular formula is C77H101N17O26. The summed E-state index contributed by atoms with van der Waals surface area (Å²) in [6, 6.07) is -3.37. The molecule has 43 nitrogen and oxygen atoms in total. The number of aryl methyl sites for hydroxylation is 1. The van der Waals surface area contributed by atoms with Crippen molar-refractivity contribution < 1.29 is 126 Å². The van der Waals surface area contributed by atoms with E-state index in [1.165, 1.54) is 30.3 Å². The predicted octanol–water partition coefficient (Wildman–Crippen LogP) is -4.93. The zero-order chi connectivity index (χ0) is 89.2. The molecule has 0 bridgehead atoms. The summed E-state index contributed by atoms with van der Waals surface area (Å²) in [6.45, 7) is 2.75. The Hall–Kier alpha value is -13.7. The molecule has 1 saturated heterocycles. The lowest BCUT2D eigenvalue weighted by atomic mass is 9.96. The van der Waals surface area contributed by atoms with Crippen molar-refractivity contribution in [3.05, 3.63) is 107 Å². The number of nitrogens with two attached hydrogens (primary N) is 3. The summed E-state index contributed by atoms with van der Waals surface area (Å²) in [6.07, 6.45) is -3.41. The number of anilines is 1. The number of Topliss-reactive ketones (excluding diaryl/α,β-unsaturated/α-hetero) is 1. The van der Waals surface area contributed by atoms with E-state index in [0.29, 0.717) is 27.6 Å². The lowest BCUT2D eigenvalue weighted by Gasteiger charge is -2.30. The summed E-state index contributed by atoms with van der Waals surface area (Å²) < 4.78 is 5.69. The number of carboxylic acids is 4. The molecule has 1 unspecified atom stereocenters. The van der Waals surface area contributed by atoms with Gasteiger partial charge < -0.3 is 122 Å². The van der Waals surface area contributed by atoms with E-state index < -0.39 is 261 Å². The Morgan fingerprint density at radius 3 is 1.73 bits per heavy atom. The van der Waals surface area contributed by atoms with Crippen LogP contribution < -0.4 is 86.3 Å². The van der Waals surface area contributed by atoms with Crippen molar-refractivity contribution in [1.82, 2.24) is 74.1 Å². The van der Waals surface area contributed by atoms with Gasteiger partial charge >= 0.3 is 29.8 Å².